The van der Waals surface area contributed by atoms with Gasteiger partial charge in [-0.3, -0.25) is 4.79 Å². The van der Waals surface area contributed by atoms with Gasteiger partial charge < -0.3 is 11.1 Å². The molecule has 0 saturated carbocycles. The van der Waals surface area contributed by atoms with Crippen LogP contribution in [0.15, 0.2) is 24.3 Å². The zero-order valence-electron chi connectivity index (χ0n) is 11.2. The Morgan fingerprint density at radius 1 is 1.22 bits per heavy atom. The molecular weight excluding hydrogens is 224 g/mol. The van der Waals surface area contributed by atoms with Crippen molar-refractivity contribution >= 4 is 11.6 Å². The lowest BCUT2D eigenvalue weighted by Gasteiger charge is -2.06. The molecule has 0 aliphatic rings. The van der Waals surface area contributed by atoms with Crippen molar-refractivity contribution in [2.75, 3.05) is 11.9 Å². The summed E-state index contributed by atoms with van der Waals surface area (Å²) in [6, 6.07) is 8.02. The average molecular weight is 248 g/mol. The quantitative estimate of drug-likeness (QED) is 0.695. The van der Waals surface area contributed by atoms with Gasteiger partial charge >= 0.3 is 0 Å². The molecule has 0 atom stereocenters. The molecule has 0 unspecified atom stereocenters. The molecule has 0 heterocycles. The monoisotopic (exact) mass is 248 g/mol. The molecular formula is C15H24N2O. The highest BCUT2D eigenvalue weighted by Gasteiger charge is 2.02. The van der Waals surface area contributed by atoms with E-state index >= 15 is 0 Å². The van der Waals surface area contributed by atoms with Crippen LogP contribution < -0.4 is 11.1 Å². The summed E-state index contributed by atoms with van der Waals surface area (Å²) in [4.78, 5) is 11.7. The van der Waals surface area contributed by atoms with Gasteiger partial charge in [-0.15, -0.1) is 0 Å². The van der Waals surface area contributed by atoms with Gasteiger partial charge in [-0.1, -0.05) is 31.9 Å². The number of benzene rings is 1. The lowest BCUT2D eigenvalue weighted by atomic mass is 10.1. The SMILES string of the molecule is CCc1cccc(NC(=O)CCCCCCN)c1. The average Bonchev–Trinajstić information content (AvgIpc) is 2.38. The third kappa shape index (κ3) is 5.82. The molecule has 18 heavy (non-hydrogen) atoms. The number of hydrogen-bond donors (Lipinski definition) is 2. The molecule has 0 aliphatic carbocycles. The van der Waals surface area contributed by atoms with Gasteiger partial charge in [0.25, 0.3) is 0 Å². The number of amides is 1. The number of rotatable bonds is 8. The number of unbranched alkanes of at least 4 members (excludes halogenated alkanes) is 3. The van der Waals surface area contributed by atoms with Crippen molar-refractivity contribution in [3.63, 3.8) is 0 Å². The summed E-state index contributed by atoms with van der Waals surface area (Å²) in [5.74, 6) is 0.107. The molecule has 1 aromatic rings. The molecule has 1 aromatic carbocycles. The number of nitrogens with two attached hydrogens (primary N) is 1. The Morgan fingerprint density at radius 3 is 2.72 bits per heavy atom. The topological polar surface area (TPSA) is 55.1 Å². The smallest absolute Gasteiger partial charge is 0.224 e. The van der Waals surface area contributed by atoms with Crippen molar-refractivity contribution in [2.24, 2.45) is 5.73 Å². The van der Waals surface area contributed by atoms with E-state index in [1.807, 2.05) is 18.2 Å². The van der Waals surface area contributed by atoms with Gasteiger partial charge in [-0.05, 0) is 43.5 Å². The van der Waals surface area contributed by atoms with Gasteiger partial charge in [0.1, 0.15) is 0 Å². The van der Waals surface area contributed by atoms with Crippen LogP contribution in [-0.2, 0) is 11.2 Å². The fourth-order valence-corrected chi connectivity index (χ4v) is 1.88. The second kappa shape index (κ2) is 8.70. The summed E-state index contributed by atoms with van der Waals surface area (Å²) in [6.07, 6.45) is 5.79. The van der Waals surface area contributed by atoms with Gasteiger partial charge in [0, 0.05) is 12.1 Å². The highest BCUT2D eigenvalue weighted by atomic mass is 16.1. The fourth-order valence-electron chi connectivity index (χ4n) is 1.88. The standard InChI is InChI=1S/C15H24N2O/c1-2-13-8-7-9-14(12-13)17-15(18)10-5-3-4-6-11-16/h7-9,12H,2-6,10-11,16H2,1H3,(H,17,18). The van der Waals surface area contributed by atoms with Crippen molar-refractivity contribution in [3.05, 3.63) is 29.8 Å². The van der Waals surface area contributed by atoms with Gasteiger partial charge in [0.2, 0.25) is 5.91 Å². The van der Waals surface area contributed by atoms with Crippen LogP contribution in [-0.4, -0.2) is 12.5 Å². The Morgan fingerprint density at radius 2 is 2.00 bits per heavy atom. The minimum atomic E-state index is 0.107. The molecule has 0 fully saturated rings. The van der Waals surface area contributed by atoms with Crippen LogP contribution in [0.3, 0.4) is 0 Å². The van der Waals surface area contributed by atoms with Crippen molar-refractivity contribution < 1.29 is 4.79 Å². The third-order valence-corrected chi connectivity index (χ3v) is 2.98. The number of anilines is 1. The number of hydrogen-bond acceptors (Lipinski definition) is 2. The van der Waals surface area contributed by atoms with E-state index in [1.54, 1.807) is 0 Å². The van der Waals surface area contributed by atoms with Crippen molar-refractivity contribution in [1.82, 2.24) is 0 Å². The van der Waals surface area contributed by atoms with Gasteiger partial charge in [0.15, 0.2) is 0 Å². The summed E-state index contributed by atoms with van der Waals surface area (Å²) in [5.41, 5.74) is 7.57. The Bertz CT molecular complexity index is 363. The van der Waals surface area contributed by atoms with Gasteiger partial charge in [-0.2, -0.15) is 0 Å². The van der Waals surface area contributed by atoms with Crippen LogP contribution in [0.5, 0.6) is 0 Å². The lowest BCUT2D eigenvalue weighted by Crippen LogP contribution is -2.11. The van der Waals surface area contributed by atoms with Crippen molar-refractivity contribution in [2.45, 2.75) is 45.4 Å². The van der Waals surface area contributed by atoms with Gasteiger partial charge in [0.05, 0.1) is 0 Å². The first-order chi connectivity index (χ1) is 8.76. The highest BCUT2D eigenvalue weighted by Crippen LogP contribution is 2.12. The maximum Gasteiger partial charge on any atom is 0.224 e. The summed E-state index contributed by atoms with van der Waals surface area (Å²) >= 11 is 0. The molecule has 3 nitrogen and oxygen atoms in total. The minimum Gasteiger partial charge on any atom is -0.330 e. The first kappa shape index (κ1) is 14.7. The number of carbonyl (C=O) groups is 1. The highest BCUT2D eigenvalue weighted by molar-refractivity contribution is 5.90. The van der Waals surface area contributed by atoms with Crippen molar-refractivity contribution in [3.8, 4) is 0 Å². The molecule has 0 saturated heterocycles. The van der Waals surface area contributed by atoms with Crippen LogP contribution in [0.2, 0.25) is 0 Å². The van der Waals surface area contributed by atoms with E-state index in [4.69, 9.17) is 5.73 Å². The predicted octanol–water partition coefficient (Wildman–Crippen LogP) is 3.10. The first-order valence-corrected chi connectivity index (χ1v) is 6.85. The minimum absolute atomic E-state index is 0.107. The Balaban J connectivity index is 2.26. The second-order valence-corrected chi connectivity index (χ2v) is 4.55. The first-order valence-electron chi connectivity index (χ1n) is 6.85. The molecule has 0 bridgehead atoms. The van der Waals surface area contributed by atoms with Crippen LogP contribution in [0, 0.1) is 0 Å². The Kier molecular flexibility index (Phi) is 7.11. The molecule has 0 radical (unpaired) electrons. The molecule has 0 aromatic heterocycles. The molecule has 3 heteroatoms. The molecule has 0 spiro atoms. The molecule has 1 amide bonds. The Hall–Kier alpha value is -1.35. The molecule has 100 valence electrons. The van der Waals surface area contributed by atoms with E-state index in [1.165, 1.54) is 5.56 Å². The Labute approximate surface area is 110 Å². The summed E-state index contributed by atoms with van der Waals surface area (Å²) in [6.45, 7) is 2.86. The molecule has 1 rings (SSSR count). The van der Waals surface area contributed by atoms with Crippen LogP contribution >= 0.6 is 0 Å². The number of nitrogens with one attached hydrogen (secondary N) is 1. The zero-order chi connectivity index (χ0) is 13.2. The molecule has 0 aliphatic heterocycles. The summed E-state index contributed by atoms with van der Waals surface area (Å²) in [5, 5.41) is 2.94. The van der Waals surface area contributed by atoms with Crippen molar-refractivity contribution in [1.29, 1.82) is 0 Å². The lowest BCUT2D eigenvalue weighted by molar-refractivity contribution is -0.116. The van der Waals surface area contributed by atoms with E-state index in [2.05, 4.69) is 18.3 Å². The van der Waals surface area contributed by atoms with E-state index in [-0.39, 0.29) is 5.91 Å². The van der Waals surface area contributed by atoms with Gasteiger partial charge in [-0.25, -0.2) is 0 Å². The normalized spacial score (nSPS) is 10.3. The van der Waals surface area contributed by atoms with E-state index in [0.717, 1.165) is 44.3 Å². The largest absolute Gasteiger partial charge is 0.330 e. The number of carbonyl (C=O) groups excluding carboxylic acids is 1. The maximum atomic E-state index is 11.7. The van der Waals surface area contributed by atoms with E-state index in [9.17, 15) is 4.79 Å². The number of aryl methyl sites for hydroxylation is 1. The van der Waals surface area contributed by atoms with Crippen LogP contribution in [0.25, 0.3) is 0 Å². The fraction of sp³-hybridized carbons (Fsp3) is 0.533. The maximum absolute atomic E-state index is 11.7. The molecule has 3 N–H and O–H groups in total. The van der Waals surface area contributed by atoms with Crippen LogP contribution in [0.4, 0.5) is 5.69 Å². The second-order valence-electron chi connectivity index (χ2n) is 4.55. The summed E-state index contributed by atoms with van der Waals surface area (Å²) in [7, 11) is 0. The van der Waals surface area contributed by atoms with Crippen LogP contribution in [0.1, 0.15) is 44.6 Å². The predicted molar refractivity (Wildman–Crippen MR) is 76.6 cm³/mol. The third-order valence-electron chi connectivity index (χ3n) is 2.98. The van der Waals surface area contributed by atoms with E-state index in [0.29, 0.717) is 6.42 Å². The van der Waals surface area contributed by atoms with E-state index < -0.39 is 0 Å². The summed E-state index contributed by atoms with van der Waals surface area (Å²) < 4.78 is 0. The zero-order valence-corrected chi connectivity index (χ0v) is 11.2.